The SMILES string of the molecule is COc1ccc(CC(=O)Nc2nc3c(s2)C(=O)CC(C)(C)C3)cc1.Cl. The quantitative estimate of drug-likeness (QED) is 0.873. The van der Waals surface area contributed by atoms with E-state index in [1.54, 1.807) is 7.11 Å². The first kappa shape index (κ1) is 19.4. The van der Waals surface area contributed by atoms with Crippen molar-refractivity contribution >= 4 is 40.6 Å². The molecule has 25 heavy (non-hydrogen) atoms. The van der Waals surface area contributed by atoms with Gasteiger partial charge in [0.15, 0.2) is 10.9 Å². The van der Waals surface area contributed by atoms with Gasteiger partial charge in [-0.1, -0.05) is 37.3 Å². The molecular formula is C18H21ClN2O3S. The highest BCUT2D eigenvalue weighted by atomic mass is 35.5. The number of thiazole rings is 1. The summed E-state index contributed by atoms with van der Waals surface area (Å²) in [6.45, 7) is 4.13. The second-order valence-electron chi connectivity index (χ2n) is 6.81. The van der Waals surface area contributed by atoms with Crippen molar-refractivity contribution < 1.29 is 14.3 Å². The Labute approximate surface area is 157 Å². The Bertz CT molecular complexity index is 784. The van der Waals surface area contributed by atoms with E-state index in [0.717, 1.165) is 23.4 Å². The summed E-state index contributed by atoms with van der Waals surface area (Å²) in [4.78, 5) is 29.5. The van der Waals surface area contributed by atoms with E-state index in [9.17, 15) is 9.59 Å². The molecule has 3 rings (SSSR count). The first-order chi connectivity index (χ1) is 11.4. The third kappa shape index (κ3) is 4.58. The molecule has 0 spiro atoms. The summed E-state index contributed by atoms with van der Waals surface area (Å²) in [5.74, 6) is 0.736. The Balaban J connectivity index is 0.00000225. The number of rotatable bonds is 4. The zero-order valence-electron chi connectivity index (χ0n) is 14.4. The van der Waals surface area contributed by atoms with Gasteiger partial charge in [-0.15, -0.1) is 12.4 Å². The molecule has 1 N–H and O–H groups in total. The van der Waals surface area contributed by atoms with Gasteiger partial charge in [0.25, 0.3) is 0 Å². The maximum Gasteiger partial charge on any atom is 0.230 e. The molecule has 1 aliphatic carbocycles. The Kier molecular flexibility index (Phi) is 5.85. The van der Waals surface area contributed by atoms with Gasteiger partial charge >= 0.3 is 0 Å². The maximum absolute atomic E-state index is 12.2. The Hall–Kier alpha value is -1.92. The van der Waals surface area contributed by atoms with Crippen LogP contribution in [-0.4, -0.2) is 23.8 Å². The number of fused-ring (bicyclic) bond motifs is 1. The number of hydrogen-bond donors (Lipinski definition) is 1. The summed E-state index contributed by atoms with van der Waals surface area (Å²) in [7, 11) is 1.61. The summed E-state index contributed by atoms with van der Waals surface area (Å²) in [5.41, 5.74) is 1.63. The van der Waals surface area contributed by atoms with E-state index in [2.05, 4.69) is 24.1 Å². The number of carbonyl (C=O) groups excluding carboxylic acids is 2. The molecule has 1 amide bonds. The van der Waals surface area contributed by atoms with Crippen molar-refractivity contribution in [2.24, 2.45) is 5.41 Å². The van der Waals surface area contributed by atoms with E-state index in [1.807, 2.05) is 24.3 Å². The maximum atomic E-state index is 12.2. The molecule has 0 radical (unpaired) electrons. The number of ether oxygens (including phenoxy) is 1. The smallest absolute Gasteiger partial charge is 0.230 e. The van der Waals surface area contributed by atoms with E-state index < -0.39 is 0 Å². The summed E-state index contributed by atoms with van der Waals surface area (Å²) in [6.07, 6.45) is 1.55. The fourth-order valence-corrected chi connectivity index (χ4v) is 3.80. The van der Waals surface area contributed by atoms with Crippen LogP contribution in [-0.2, 0) is 17.6 Å². The standard InChI is InChI=1S/C18H20N2O3S.ClH/c1-18(2)9-13-16(14(21)10-18)24-17(19-13)20-15(22)8-11-4-6-12(23-3)7-5-11;/h4-7H,8-10H2,1-3H3,(H,19,20,22);1H. The van der Waals surface area contributed by atoms with Gasteiger partial charge in [-0.25, -0.2) is 4.98 Å². The van der Waals surface area contributed by atoms with Gasteiger partial charge in [-0.2, -0.15) is 0 Å². The Morgan fingerprint density at radius 1 is 1.28 bits per heavy atom. The fraction of sp³-hybridized carbons (Fsp3) is 0.389. The molecule has 0 fully saturated rings. The zero-order valence-corrected chi connectivity index (χ0v) is 16.1. The lowest BCUT2D eigenvalue weighted by Gasteiger charge is -2.26. The van der Waals surface area contributed by atoms with Crippen molar-refractivity contribution in [3.63, 3.8) is 0 Å². The third-order valence-electron chi connectivity index (χ3n) is 4.01. The first-order valence-corrected chi connectivity index (χ1v) is 8.64. The van der Waals surface area contributed by atoms with Gasteiger partial charge < -0.3 is 10.1 Å². The van der Waals surface area contributed by atoms with Crippen LogP contribution in [0.5, 0.6) is 5.75 Å². The number of amides is 1. The van der Waals surface area contributed by atoms with Crippen LogP contribution < -0.4 is 10.1 Å². The topological polar surface area (TPSA) is 68.3 Å². The van der Waals surface area contributed by atoms with E-state index >= 15 is 0 Å². The van der Waals surface area contributed by atoms with Gasteiger partial charge in [0.2, 0.25) is 5.91 Å². The monoisotopic (exact) mass is 380 g/mol. The number of methoxy groups -OCH3 is 1. The summed E-state index contributed by atoms with van der Waals surface area (Å²) >= 11 is 1.28. The summed E-state index contributed by atoms with van der Waals surface area (Å²) < 4.78 is 5.10. The van der Waals surface area contributed by atoms with Crippen LogP contribution in [0.4, 0.5) is 5.13 Å². The van der Waals surface area contributed by atoms with E-state index in [4.69, 9.17) is 4.74 Å². The van der Waals surface area contributed by atoms with E-state index in [0.29, 0.717) is 16.4 Å². The molecule has 134 valence electrons. The number of Topliss-reactive ketones (excluding diaryl/α,β-unsaturated/α-hetero) is 1. The number of anilines is 1. The third-order valence-corrected chi connectivity index (χ3v) is 5.06. The minimum absolute atomic E-state index is 0. The number of benzene rings is 1. The predicted octanol–water partition coefficient (Wildman–Crippen LogP) is 3.91. The first-order valence-electron chi connectivity index (χ1n) is 7.82. The molecule has 0 aliphatic heterocycles. The normalized spacial score (nSPS) is 15.1. The number of carbonyl (C=O) groups is 2. The highest BCUT2D eigenvalue weighted by Gasteiger charge is 2.34. The molecule has 1 aromatic carbocycles. The van der Waals surface area contributed by atoms with Crippen molar-refractivity contribution in [1.29, 1.82) is 0 Å². The van der Waals surface area contributed by atoms with Gasteiger partial charge in [-0.05, 0) is 29.5 Å². The average molecular weight is 381 g/mol. The van der Waals surface area contributed by atoms with Crippen LogP contribution in [0.3, 0.4) is 0 Å². The minimum Gasteiger partial charge on any atom is -0.497 e. The molecule has 0 atom stereocenters. The molecule has 1 aliphatic rings. The molecule has 0 saturated heterocycles. The lowest BCUT2D eigenvalue weighted by molar-refractivity contribution is -0.115. The minimum atomic E-state index is -0.141. The molecule has 0 bridgehead atoms. The number of aromatic nitrogens is 1. The van der Waals surface area contributed by atoms with Crippen molar-refractivity contribution in [3.05, 3.63) is 40.4 Å². The van der Waals surface area contributed by atoms with Crippen molar-refractivity contribution in [1.82, 2.24) is 4.98 Å². The Morgan fingerprint density at radius 3 is 2.60 bits per heavy atom. The van der Waals surface area contributed by atoms with Crippen molar-refractivity contribution in [3.8, 4) is 5.75 Å². The largest absolute Gasteiger partial charge is 0.497 e. The lowest BCUT2D eigenvalue weighted by atomic mass is 9.78. The van der Waals surface area contributed by atoms with Gasteiger partial charge in [0.05, 0.1) is 24.1 Å². The highest BCUT2D eigenvalue weighted by molar-refractivity contribution is 7.17. The average Bonchev–Trinajstić information content (AvgIpc) is 2.89. The second kappa shape index (κ2) is 7.54. The lowest BCUT2D eigenvalue weighted by Crippen LogP contribution is -2.26. The van der Waals surface area contributed by atoms with Crippen LogP contribution >= 0.6 is 23.7 Å². The summed E-state index contributed by atoms with van der Waals surface area (Å²) in [6, 6.07) is 7.37. The van der Waals surface area contributed by atoms with Crippen LogP contribution in [0, 0.1) is 5.41 Å². The summed E-state index contributed by atoms with van der Waals surface area (Å²) in [5, 5.41) is 3.31. The molecule has 0 saturated carbocycles. The highest BCUT2D eigenvalue weighted by Crippen LogP contribution is 2.38. The molecule has 7 heteroatoms. The molecule has 1 aromatic heterocycles. The molecule has 1 heterocycles. The van der Waals surface area contributed by atoms with Gasteiger partial charge in [-0.3, -0.25) is 9.59 Å². The number of hydrogen-bond acceptors (Lipinski definition) is 5. The molecule has 0 unspecified atom stereocenters. The second-order valence-corrected chi connectivity index (χ2v) is 7.81. The zero-order chi connectivity index (χ0) is 17.3. The number of halogens is 1. The number of nitrogens with one attached hydrogen (secondary N) is 1. The Morgan fingerprint density at radius 2 is 1.96 bits per heavy atom. The van der Waals surface area contributed by atoms with Crippen molar-refractivity contribution in [2.45, 2.75) is 33.1 Å². The van der Waals surface area contributed by atoms with Gasteiger partial charge in [0, 0.05) is 6.42 Å². The predicted molar refractivity (Wildman–Crippen MR) is 101 cm³/mol. The van der Waals surface area contributed by atoms with Crippen LogP contribution in [0.25, 0.3) is 0 Å². The number of ketones is 1. The van der Waals surface area contributed by atoms with Crippen LogP contribution in [0.15, 0.2) is 24.3 Å². The van der Waals surface area contributed by atoms with Crippen LogP contribution in [0.1, 0.15) is 41.2 Å². The molecular weight excluding hydrogens is 360 g/mol. The fourth-order valence-electron chi connectivity index (χ4n) is 2.87. The van der Waals surface area contributed by atoms with Crippen LogP contribution in [0.2, 0.25) is 0 Å². The van der Waals surface area contributed by atoms with Gasteiger partial charge in [0.1, 0.15) is 5.75 Å². The van der Waals surface area contributed by atoms with Crippen molar-refractivity contribution in [2.75, 3.05) is 12.4 Å². The van der Waals surface area contributed by atoms with E-state index in [1.165, 1.54) is 11.3 Å². The molecule has 5 nitrogen and oxygen atoms in total. The van der Waals surface area contributed by atoms with E-state index in [-0.39, 0.29) is 35.9 Å². The molecule has 2 aromatic rings. The number of nitrogens with zero attached hydrogens (tertiary/aromatic N) is 1.